The first-order valence-corrected chi connectivity index (χ1v) is 10.2. The number of benzene rings is 1. The first-order chi connectivity index (χ1) is 13.6. The molecule has 1 atom stereocenters. The minimum absolute atomic E-state index is 0.248. The summed E-state index contributed by atoms with van der Waals surface area (Å²) in [6.45, 7) is 6.61. The van der Waals surface area contributed by atoms with Crippen molar-refractivity contribution in [1.82, 2.24) is 10.3 Å². The lowest BCUT2D eigenvalue weighted by atomic mass is 10.1. The summed E-state index contributed by atoms with van der Waals surface area (Å²) < 4.78 is 11.4. The lowest BCUT2D eigenvalue weighted by molar-refractivity contribution is 0.0529. The summed E-state index contributed by atoms with van der Waals surface area (Å²) in [5, 5.41) is 4.61. The van der Waals surface area contributed by atoms with Gasteiger partial charge in [0.15, 0.2) is 0 Å². The molecular weight excluding hydrogens is 397 g/mol. The second-order valence-corrected chi connectivity index (χ2v) is 8.00. The third-order valence-corrected chi connectivity index (χ3v) is 5.35. The van der Waals surface area contributed by atoms with E-state index < -0.39 is 0 Å². The second-order valence-electron chi connectivity index (χ2n) is 7.15. The van der Waals surface area contributed by atoms with Gasteiger partial charge in [-0.2, -0.15) is 0 Å². The van der Waals surface area contributed by atoms with Gasteiger partial charge in [0.25, 0.3) is 0 Å². The van der Waals surface area contributed by atoms with Crippen molar-refractivity contribution in [3.63, 3.8) is 0 Å². The molecule has 5 nitrogen and oxygen atoms in total. The summed E-state index contributed by atoms with van der Waals surface area (Å²) in [6, 6.07) is 7.78. The lowest BCUT2D eigenvalue weighted by Gasteiger charge is -2.32. The predicted octanol–water partition coefficient (Wildman–Crippen LogP) is 4.18. The third-order valence-electron chi connectivity index (χ3n) is 4.85. The Balaban J connectivity index is 1.32. The number of ether oxygens (including phenoxy) is 2. The highest BCUT2D eigenvalue weighted by Crippen LogP contribution is 2.36. The van der Waals surface area contributed by atoms with Gasteiger partial charge in [0.05, 0.1) is 17.7 Å². The standard InChI is InChI=1S/C21H23Cl2N3O2/c1-14-12-26(4-5-27-14)20-3-2-15(11-25-20)9-24-10-16-6-17-7-18(22)8-19(23)21(17)28-13-16/h2-3,6-8,11,14,24H,4-5,9-10,12-13H2,1H3. The molecule has 148 valence electrons. The lowest BCUT2D eigenvalue weighted by Crippen LogP contribution is -2.41. The number of morpholine rings is 1. The predicted molar refractivity (Wildman–Crippen MR) is 114 cm³/mol. The van der Waals surface area contributed by atoms with Crippen LogP contribution in [-0.4, -0.2) is 43.9 Å². The molecule has 0 saturated carbocycles. The Morgan fingerprint density at radius 1 is 1.25 bits per heavy atom. The molecule has 28 heavy (non-hydrogen) atoms. The fourth-order valence-corrected chi connectivity index (χ4v) is 4.03. The average Bonchev–Trinajstić information content (AvgIpc) is 2.68. The van der Waals surface area contributed by atoms with Gasteiger partial charge in [0.1, 0.15) is 18.2 Å². The Hall–Kier alpha value is -1.79. The topological polar surface area (TPSA) is 46.6 Å². The number of anilines is 1. The van der Waals surface area contributed by atoms with E-state index in [9.17, 15) is 0 Å². The molecule has 2 aromatic rings. The van der Waals surface area contributed by atoms with Crippen LogP contribution in [0.1, 0.15) is 18.1 Å². The van der Waals surface area contributed by atoms with Gasteiger partial charge in [-0.05, 0) is 42.3 Å². The molecule has 2 aliphatic heterocycles. The summed E-state index contributed by atoms with van der Waals surface area (Å²) in [6.07, 6.45) is 4.27. The number of halogens is 2. The quantitative estimate of drug-likeness (QED) is 0.787. The SMILES string of the molecule is CC1CN(c2ccc(CNCC3=Cc4cc(Cl)cc(Cl)c4OC3)cn2)CCO1. The minimum atomic E-state index is 0.248. The van der Waals surface area contributed by atoms with Gasteiger partial charge >= 0.3 is 0 Å². The van der Waals surface area contributed by atoms with Crippen molar-refractivity contribution in [3.8, 4) is 5.75 Å². The van der Waals surface area contributed by atoms with Crippen LogP contribution in [-0.2, 0) is 11.3 Å². The number of hydrogen-bond donors (Lipinski definition) is 1. The Kier molecular flexibility index (Phi) is 6.07. The molecule has 1 aromatic heterocycles. The Morgan fingerprint density at radius 2 is 2.14 bits per heavy atom. The molecule has 4 rings (SSSR count). The van der Waals surface area contributed by atoms with Gasteiger partial charge in [-0.25, -0.2) is 4.98 Å². The van der Waals surface area contributed by atoms with Crippen molar-refractivity contribution < 1.29 is 9.47 Å². The highest BCUT2D eigenvalue weighted by molar-refractivity contribution is 6.36. The highest BCUT2D eigenvalue weighted by atomic mass is 35.5. The maximum atomic E-state index is 6.18. The summed E-state index contributed by atoms with van der Waals surface area (Å²) >= 11 is 12.3. The van der Waals surface area contributed by atoms with Gasteiger partial charge in [-0.15, -0.1) is 0 Å². The Bertz CT molecular complexity index is 871. The van der Waals surface area contributed by atoms with Crippen LogP contribution in [0, 0.1) is 0 Å². The van der Waals surface area contributed by atoms with Crippen LogP contribution in [0.25, 0.3) is 6.08 Å². The molecule has 3 heterocycles. The number of rotatable bonds is 5. The van der Waals surface area contributed by atoms with Crippen LogP contribution in [0.15, 0.2) is 36.0 Å². The molecule has 0 spiro atoms. The van der Waals surface area contributed by atoms with Crippen LogP contribution in [0.5, 0.6) is 5.75 Å². The molecule has 0 radical (unpaired) electrons. The molecule has 7 heteroatoms. The van der Waals surface area contributed by atoms with E-state index in [1.807, 2.05) is 12.3 Å². The largest absolute Gasteiger partial charge is 0.487 e. The summed E-state index contributed by atoms with van der Waals surface area (Å²) in [4.78, 5) is 6.88. The molecule has 1 unspecified atom stereocenters. The van der Waals surface area contributed by atoms with Crippen LogP contribution in [0.2, 0.25) is 10.0 Å². The van der Waals surface area contributed by atoms with Crippen LogP contribution in [0.3, 0.4) is 0 Å². The fourth-order valence-electron chi connectivity index (χ4n) is 3.47. The van der Waals surface area contributed by atoms with E-state index in [0.29, 0.717) is 22.4 Å². The number of pyridine rings is 1. The van der Waals surface area contributed by atoms with Gasteiger partial charge < -0.3 is 19.7 Å². The second kappa shape index (κ2) is 8.70. The normalized spacial score (nSPS) is 19.0. The molecule has 1 N–H and O–H groups in total. The zero-order valence-corrected chi connectivity index (χ0v) is 17.3. The van der Waals surface area contributed by atoms with E-state index in [-0.39, 0.29) is 6.10 Å². The van der Waals surface area contributed by atoms with Crippen molar-refractivity contribution in [2.24, 2.45) is 0 Å². The van der Waals surface area contributed by atoms with Crippen molar-refractivity contribution in [1.29, 1.82) is 0 Å². The van der Waals surface area contributed by atoms with E-state index in [2.05, 4.69) is 40.3 Å². The zero-order valence-electron chi connectivity index (χ0n) is 15.8. The molecule has 1 saturated heterocycles. The van der Waals surface area contributed by atoms with Gasteiger partial charge in [0, 0.05) is 43.0 Å². The summed E-state index contributed by atoms with van der Waals surface area (Å²) in [5.41, 5.74) is 3.22. The van der Waals surface area contributed by atoms with Crippen molar-refractivity contribution >= 4 is 35.1 Å². The van der Waals surface area contributed by atoms with E-state index in [1.54, 1.807) is 6.07 Å². The number of nitrogens with zero attached hydrogens (tertiary/aromatic N) is 2. The first kappa shape index (κ1) is 19.5. The van der Waals surface area contributed by atoms with Gasteiger partial charge in [0.2, 0.25) is 0 Å². The smallest absolute Gasteiger partial charge is 0.145 e. The average molecular weight is 420 g/mol. The maximum absolute atomic E-state index is 6.18. The van der Waals surface area contributed by atoms with Crippen LogP contribution in [0.4, 0.5) is 5.82 Å². The van der Waals surface area contributed by atoms with Crippen molar-refractivity contribution in [2.75, 3.05) is 37.7 Å². The van der Waals surface area contributed by atoms with E-state index in [0.717, 1.165) is 55.3 Å². The first-order valence-electron chi connectivity index (χ1n) is 9.42. The monoisotopic (exact) mass is 419 g/mol. The molecule has 0 aliphatic carbocycles. The summed E-state index contributed by atoms with van der Waals surface area (Å²) in [5.74, 6) is 1.71. The van der Waals surface area contributed by atoms with Crippen molar-refractivity contribution in [2.45, 2.75) is 19.6 Å². The number of nitrogens with one attached hydrogen (secondary N) is 1. The minimum Gasteiger partial charge on any atom is -0.487 e. The van der Waals surface area contributed by atoms with E-state index in [4.69, 9.17) is 32.7 Å². The summed E-state index contributed by atoms with van der Waals surface area (Å²) in [7, 11) is 0. The number of fused-ring (bicyclic) bond motifs is 1. The Labute approximate surface area is 175 Å². The van der Waals surface area contributed by atoms with Crippen molar-refractivity contribution in [3.05, 3.63) is 57.2 Å². The molecule has 0 amide bonds. The molecule has 1 aromatic carbocycles. The Morgan fingerprint density at radius 3 is 2.93 bits per heavy atom. The highest BCUT2D eigenvalue weighted by Gasteiger charge is 2.18. The molecular formula is C21H23Cl2N3O2. The van der Waals surface area contributed by atoms with Crippen LogP contribution < -0.4 is 15.0 Å². The molecule has 1 fully saturated rings. The number of hydrogen-bond acceptors (Lipinski definition) is 5. The third kappa shape index (κ3) is 4.61. The molecule has 0 bridgehead atoms. The fraction of sp³-hybridized carbons (Fsp3) is 0.381. The van der Waals surface area contributed by atoms with E-state index >= 15 is 0 Å². The number of aromatic nitrogens is 1. The maximum Gasteiger partial charge on any atom is 0.145 e. The zero-order chi connectivity index (χ0) is 19.5. The van der Waals surface area contributed by atoms with Crippen LogP contribution >= 0.6 is 23.2 Å². The van der Waals surface area contributed by atoms with E-state index in [1.165, 1.54) is 0 Å². The molecule has 2 aliphatic rings. The van der Waals surface area contributed by atoms with Gasteiger partial charge in [-0.3, -0.25) is 0 Å². The van der Waals surface area contributed by atoms with Gasteiger partial charge in [-0.1, -0.05) is 29.3 Å².